The van der Waals surface area contributed by atoms with Gasteiger partial charge in [0.05, 0.1) is 27.3 Å². The fraction of sp³-hybridized carbons (Fsp3) is 0.200. The van der Waals surface area contributed by atoms with Gasteiger partial charge in [-0.15, -0.1) is 0 Å². The summed E-state index contributed by atoms with van der Waals surface area (Å²) in [6, 6.07) is 23.2. The van der Waals surface area contributed by atoms with Crippen molar-refractivity contribution >= 4 is 44.2 Å². The number of nitrogens with two attached hydrogens (primary N) is 1. The normalized spacial score (nSPS) is 17.5. The van der Waals surface area contributed by atoms with Crippen LogP contribution in [-0.4, -0.2) is 34.5 Å². The second-order valence-electron chi connectivity index (χ2n) is 9.88. The Morgan fingerprint density at radius 1 is 0.975 bits per heavy atom. The zero-order valence-electron chi connectivity index (χ0n) is 21.6. The van der Waals surface area contributed by atoms with Gasteiger partial charge in [0.25, 0.3) is 10.0 Å². The molecule has 1 fully saturated rings. The molecule has 204 valence electrons. The average molecular weight is 574 g/mol. The second kappa shape index (κ2) is 10.8. The van der Waals surface area contributed by atoms with E-state index in [1.165, 1.54) is 3.97 Å². The third-order valence-corrected chi connectivity index (χ3v) is 9.08. The predicted molar refractivity (Wildman–Crippen MR) is 158 cm³/mol. The topological polar surface area (TPSA) is 112 Å². The molecule has 8 nitrogen and oxygen atoms in total. The third-order valence-electron chi connectivity index (χ3n) is 7.12. The van der Waals surface area contributed by atoms with Crippen LogP contribution in [0.15, 0.2) is 96.2 Å². The molecule has 5 aromatic rings. The summed E-state index contributed by atoms with van der Waals surface area (Å²) in [4.78, 5) is 9.38. The number of anilines is 2. The Morgan fingerprint density at radius 2 is 1.73 bits per heavy atom. The number of fused-ring (bicyclic) bond motifs is 1. The first-order chi connectivity index (χ1) is 19.4. The summed E-state index contributed by atoms with van der Waals surface area (Å²) in [6.07, 6.45) is 6.91. The maximum absolute atomic E-state index is 13.6. The van der Waals surface area contributed by atoms with Crippen LogP contribution in [0.25, 0.3) is 22.2 Å². The molecule has 0 radical (unpaired) electrons. The Hall–Kier alpha value is -4.08. The number of nitrogens with zero attached hydrogens (tertiary/aromatic N) is 3. The zero-order valence-corrected chi connectivity index (χ0v) is 23.1. The monoisotopic (exact) mass is 573 g/mol. The highest BCUT2D eigenvalue weighted by Crippen LogP contribution is 2.36. The lowest BCUT2D eigenvalue weighted by atomic mass is 9.93. The van der Waals surface area contributed by atoms with Gasteiger partial charge in [-0.05, 0) is 61.7 Å². The van der Waals surface area contributed by atoms with E-state index in [0.29, 0.717) is 33.4 Å². The molecule has 1 saturated carbocycles. The van der Waals surface area contributed by atoms with Gasteiger partial charge in [0.2, 0.25) is 5.95 Å². The first-order valence-corrected chi connectivity index (χ1v) is 14.9. The molecule has 3 aromatic carbocycles. The van der Waals surface area contributed by atoms with Gasteiger partial charge in [0, 0.05) is 35.3 Å². The van der Waals surface area contributed by atoms with E-state index >= 15 is 0 Å². The Balaban J connectivity index is 1.29. The van der Waals surface area contributed by atoms with E-state index in [9.17, 15) is 8.42 Å². The van der Waals surface area contributed by atoms with Crippen LogP contribution in [0.4, 0.5) is 11.6 Å². The minimum atomic E-state index is -3.84. The third kappa shape index (κ3) is 5.22. The Morgan fingerprint density at radius 3 is 2.52 bits per heavy atom. The van der Waals surface area contributed by atoms with E-state index in [-0.39, 0.29) is 17.0 Å². The number of benzene rings is 3. The molecule has 2 aromatic heterocycles. The van der Waals surface area contributed by atoms with E-state index in [0.717, 1.165) is 36.8 Å². The van der Waals surface area contributed by atoms with Crippen molar-refractivity contribution in [2.24, 2.45) is 0 Å². The fourth-order valence-corrected chi connectivity index (χ4v) is 6.76. The van der Waals surface area contributed by atoms with Gasteiger partial charge in [-0.1, -0.05) is 48.0 Å². The van der Waals surface area contributed by atoms with Crippen LogP contribution in [0.5, 0.6) is 5.75 Å². The summed E-state index contributed by atoms with van der Waals surface area (Å²) >= 11 is 6.60. The maximum Gasteiger partial charge on any atom is 0.268 e. The van der Waals surface area contributed by atoms with Crippen molar-refractivity contribution in [3.8, 4) is 17.0 Å². The summed E-state index contributed by atoms with van der Waals surface area (Å²) in [5, 5.41) is 4.51. The molecule has 2 atom stereocenters. The maximum atomic E-state index is 13.6. The fourth-order valence-electron chi connectivity index (χ4n) is 5.17. The van der Waals surface area contributed by atoms with Gasteiger partial charge in [-0.25, -0.2) is 22.4 Å². The van der Waals surface area contributed by atoms with E-state index in [1.807, 2.05) is 42.5 Å². The lowest BCUT2D eigenvalue weighted by Gasteiger charge is -2.30. The minimum absolute atomic E-state index is 0.0582. The summed E-state index contributed by atoms with van der Waals surface area (Å²) in [5.74, 6) is 1.23. The van der Waals surface area contributed by atoms with Crippen LogP contribution in [0.1, 0.15) is 25.7 Å². The molecule has 1 aliphatic rings. The first-order valence-electron chi connectivity index (χ1n) is 13.1. The van der Waals surface area contributed by atoms with Crippen molar-refractivity contribution in [2.75, 3.05) is 11.1 Å². The van der Waals surface area contributed by atoms with Crippen molar-refractivity contribution in [3.63, 3.8) is 0 Å². The van der Waals surface area contributed by atoms with Gasteiger partial charge in [-0.3, -0.25) is 0 Å². The van der Waals surface area contributed by atoms with Gasteiger partial charge in [0.1, 0.15) is 11.9 Å². The largest absolute Gasteiger partial charge is 0.490 e. The second-order valence-corrected chi connectivity index (χ2v) is 12.1. The van der Waals surface area contributed by atoms with E-state index in [4.69, 9.17) is 27.1 Å². The van der Waals surface area contributed by atoms with E-state index in [2.05, 4.69) is 10.3 Å². The van der Waals surface area contributed by atoms with Gasteiger partial charge >= 0.3 is 0 Å². The van der Waals surface area contributed by atoms with E-state index in [1.54, 1.807) is 48.8 Å². The number of aromatic nitrogens is 3. The number of ether oxygens (including phenoxy) is 1. The Labute approximate surface area is 237 Å². The predicted octanol–water partition coefficient (Wildman–Crippen LogP) is 6.37. The number of halogens is 1. The Bertz CT molecular complexity index is 1760. The molecular weight excluding hydrogens is 546 g/mol. The highest BCUT2D eigenvalue weighted by Gasteiger charge is 2.26. The van der Waals surface area contributed by atoms with Crippen LogP contribution >= 0.6 is 11.6 Å². The number of nitrogen functional groups attached to an aromatic ring is 1. The average Bonchev–Trinajstić information content (AvgIpc) is 3.36. The lowest BCUT2D eigenvalue weighted by molar-refractivity contribution is 0.148. The molecule has 6 rings (SSSR count). The molecule has 0 amide bonds. The standard InChI is InChI=1S/C30H28ClN5O3S/c31-27-18-33-30(34-21-7-6-8-23(17-21)39-22-15-13-20(32)14-16-22)35-29(27)26-19-36(28-12-5-4-11-25(26)28)40(37,38)24-9-2-1-3-10-24/h1-5,9-16,18-19,21,23H,6-8,17,32H2,(H,33,34,35)/t21-,23-/m1/s1. The summed E-state index contributed by atoms with van der Waals surface area (Å²) in [7, 11) is -3.84. The highest BCUT2D eigenvalue weighted by molar-refractivity contribution is 7.90. The Kier molecular flexibility index (Phi) is 7.08. The van der Waals surface area contributed by atoms with Crippen molar-refractivity contribution in [3.05, 3.63) is 96.3 Å². The number of rotatable bonds is 7. The number of hydrogen-bond donors (Lipinski definition) is 2. The number of nitrogens with one attached hydrogen (secondary N) is 1. The molecule has 0 spiro atoms. The van der Waals surface area contributed by atoms with Gasteiger partial charge in [0.15, 0.2) is 0 Å². The smallest absolute Gasteiger partial charge is 0.268 e. The summed E-state index contributed by atoms with van der Waals surface area (Å²) < 4.78 is 34.6. The van der Waals surface area contributed by atoms with Crippen molar-refractivity contribution < 1.29 is 13.2 Å². The summed E-state index contributed by atoms with van der Waals surface area (Å²) in [6.45, 7) is 0. The number of para-hydroxylation sites is 1. The summed E-state index contributed by atoms with van der Waals surface area (Å²) in [5.41, 5.74) is 8.11. The van der Waals surface area contributed by atoms with Crippen LogP contribution in [0.3, 0.4) is 0 Å². The molecule has 40 heavy (non-hydrogen) atoms. The highest BCUT2D eigenvalue weighted by atomic mass is 35.5. The molecule has 1 aliphatic carbocycles. The molecule has 10 heteroatoms. The van der Waals surface area contributed by atoms with Crippen molar-refractivity contribution in [2.45, 2.75) is 42.7 Å². The van der Waals surface area contributed by atoms with Crippen molar-refractivity contribution in [1.82, 2.24) is 13.9 Å². The zero-order chi connectivity index (χ0) is 27.7. The minimum Gasteiger partial charge on any atom is -0.490 e. The van der Waals surface area contributed by atoms with Gasteiger partial charge in [-0.2, -0.15) is 0 Å². The molecule has 2 heterocycles. The first kappa shape index (κ1) is 26.2. The lowest BCUT2D eigenvalue weighted by Crippen LogP contribution is -2.33. The molecule has 0 bridgehead atoms. The van der Waals surface area contributed by atoms with Crippen LogP contribution < -0.4 is 15.8 Å². The number of hydrogen-bond acceptors (Lipinski definition) is 7. The van der Waals surface area contributed by atoms with Crippen LogP contribution in [0, 0.1) is 0 Å². The molecule has 0 saturated heterocycles. The van der Waals surface area contributed by atoms with Crippen LogP contribution in [-0.2, 0) is 10.0 Å². The van der Waals surface area contributed by atoms with Gasteiger partial charge < -0.3 is 15.8 Å². The SMILES string of the molecule is Nc1ccc(O[C@@H]2CCC[C@@H](Nc3ncc(Cl)c(-c4cn(S(=O)(=O)c5ccccc5)c5ccccc45)n3)C2)cc1. The molecule has 3 N–H and O–H groups in total. The molecule has 0 unspecified atom stereocenters. The van der Waals surface area contributed by atoms with E-state index < -0.39 is 10.0 Å². The molecular formula is C30H28ClN5O3S. The van der Waals surface area contributed by atoms with Crippen molar-refractivity contribution in [1.29, 1.82) is 0 Å². The quantitative estimate of drug-likeness (QED) is 0.217. The molecule has 0 aliphatic heterocycles. The van der Waals surface area contributed by atoms with Crippen LogP contribution in [0.2, 0.25) is 5.02 Å².